The lowest BCUT2D eigenvalue weighted by Gasteiger charge is -2.34. The van der Waals surface area contributed by atoms with Gasteiger partial charge in [-0.05, 0) is 46.2 Å². The van der Waals surface area contributed by atoms with E-state index in [0.717, 1.165) is 37.3 Å². The zero-order chi connectivity index (χ0) is 17.5. The third-order valence-corrected chi connectivity index (χ3v) is 4.45. The van der Waals surface area contributed by atoms with Gasteiger partial charge in [0.1, 0.15) is 6.54 Å². The first-order valence-electron chi connectivity index (χ1n) is 8.49. The summed E-state index contributed by atoms with van der Waals surface area (Å²) in [4.78, 5) is 33.3. The SMILES string of the molecule is CC(C)N1CCC(c2cnc(CCC(=O)NCC(=O)O)cn2)CC1. The van der Waals surface area contributed by atoms with Crippen LogP contribution < -0.4 is 5.32 Å². The second kappa shape index (κ2) is 8.73. The predicted octanol–water partition coefficient (Wildman–Crippen LogP) is 1.20. The number of carboxylic acids is 1. The molecule has 0 radical (unpaired) electrons. The van der Waals surface area contributed by atoms with Gasteiger partial charge in [-0.1, -0.05) is 0 Å². The lowest BCUT2D eigenvalue weighted by atomic mass is 9.93. The minimum Gasteiger partial charge on any atom is -0.480 e. The molecule has 2 rings (SSSR count). The number of likely N-dealkylation sites (tertiary alicyclic amines) is 1. The summed E-state index contributed by atoms with van der Waals surface area (Å²) < 4.78 is 0. The highest BCUT2D eigenvalue weighted by molar-refractivity contribution is 5.81. The van der Waals surface area contributed by atoms with Crippen molar-refractivity contribution in [3.05, 3.63) is 23.8 Å². The summed E-state index contributed by atoms with van der Waals surface area (Å²) in [5, 5.41) is 10.8. The van der Waals surface area contributed by atoms with Crippen molar-refractivity contribution in [1.29, 1.82) is 0 Å². The topological polar surface area (TPSA) is 95.4 Å². The number of hydrogen-bond donors (Lipinski definition) is 2. The van der Waals surface area contributed by atoms with E-state index in [1.165, 1.54) is 0 Å². The highest BCUT2D eigenvalue weighted by Gasteiger charge is 2.23. The number of nitrogens with zero attached hydrogens (tertiary/aromatic N) is 3. The van der Waals surface area contributed by atoms with Gasteiger partial charge in [0.25, 0.3) is 0 Å². The number of piperidine rings is 1. The van der Waals surface area contributed by atoms with E-state index in [2.05, 4.69) is 34.0 Å². The number of carboxylic acid groups (broad SMARTS) is 1. The molecule has 1 aliphatic heterocycles. The summed E-state index contributed by atoms with van der Waals surface area (Å²) in [6.07, 6.45) is 6.43. The molecule has 1 fully saturated rings. The molecule has 1 saturated heterocycles. The maximum atomic E-state index is 11.5. The van der Waals surface area contributed by atoms with Crippen LogP contribution >= 0.6 is 0 Å². The number of nitrogens with one attached hydrogen (secondary N) is 1. The average Bonchev–Trinajstić information content (AvgIpc) is 2.58. The number of aromatic nitrogens is 2. The van der Waals surface area contributed by atoms with Crippen LogP contribution in [0.3, 0.4) is 0 Å². The Morgan fingerprint density at radius 3 is 2.54 bits per heavy atom. The zero-order valence-corrected chi connectivity index (χ0v) is 14.4. The Balaban J connectivity index is 1.79. The molecule has 0 bridgehead atoms. The number of hydrogen-bond acceptors (Lipinski definition) is 5. The molecule has 132 valence electrons. The first kappa shape index (κ1) is 18.3. The minimum atomic E-state index is -1.05. The molecule has 24 heavy (non-hydrogen) atoms. The summed E-state index contributed by atoms with van der Waals surface area (Å²) in [5.74, 6) is -0.874. The number of aliphatic carboxylic acids is 1. The van der Waals surface area contributed by atoms with Crippen molar-refractivity contribution in [2.45, 2.75) is 51.5 Å². The standard InChI is InChI=1S/C17H26N4O3/c1-12(2)21-7-5-13(6-8-21)15-10-18-14(9-19-15)3-4-16(22)20-11-17(23)24/h9-10,12-13H,3-8,11H2,1-2H3,(H,20,22)(H,23,24). The quantitative estimate of drug-likeness (QED) is 0.778. The number of carbonyl (C=O) groups excluding carboxylic acids is 1. The van der Waals surface area contributed by atoms with Crippen LogP contribution in [0, 0.1) is 0 Å². The summed E-state index contributed by atoms with van der Waals surface area (Å²) in [7, 11) is 0. The van der Waals surface area contributed by atoms with Crippen LogP contribution in [0.15, 0.2) is 12.4 Å². The predicted molar refractivity (Wildman–Crippen MR) is 89.7 cm³/mol. The molecule has 1 amide bonds. The second-order valence-corrected chi connectivity index (χ2v) is 6.51. The Morgan fingerprint density at radius 1 is 1.29 bits per heavy atom. The molecule has 2 heterocycles. The molecule has 0 atom stereocenters. The van der Waals surface area contributed by atoms with Crippen LogP contribution in [-0.2, 0) is 16.0 Å². The van der Waals surface area contributed by atoms with Gasteiger partial charge in [-0.2, -0.15) is 0 Å². The van der Waals surface area contributed by atoms with Crippen molar-refractivity contribution in [2.24, 2.45) is 0 Å². The first-order valence-corrected chi connectivity index (χ1v) is 8.49. The van der Waals surface area contributed by atoms with Gasteiger partial charge in [0.15, 0.2) is 0 Å². The summed E-state index contributed by atoms with van der Waals surface area (Å²) in [6.45, 7) is 6.28. The Morgan fingerprint density at radius 2 is 2.00 bits per heavy atom. The van der Waals surface area contributed by atoms with Gasteiger partial charge in [-0.25, -0.2) is 0 Å². The summed E-state index contributed by atoms with van der Waals surface area (Å²) in [6, 6.07) is 0.590. The normalized spacial score (nSPS) is 16.3. The molecular formula is C17H26N4O3. The van der Waals surface area contributed by atoms with Crippen LogP contribution in [0.25, 0.3) is 0 Å². The molecule has 7 heteroatoms. The number of amides is 1. The Labute approximate surface area is 142 Å². The van der Waals surface area contributed by atoms with E-state index in [-0.39, 0.29) is 18.9 Å². The van der Waals surface area contributed by atoms with E-state index >= 15 is 0 Å². The molecule has 2 N–H and O–H groups in total. The van der Waals surface area contributed by atoms with Crippen molar-refractivity contribution in [3.8, 4) is 0 Å². The van der Waals surface area contributed by atoms with Gasteiger partial charge in [-0.3, -0.25) is 19.6 Å². The zero-order valence-electron chi connectivity index (χ0n) is 14.4. The fraction of sp³-hybridized carbons (Fsp3) is 0.647. The molecule has 1 aliphatic rings. The number of aryl methyl sites for hydroxylation is 1. The monoisotopic (exact) mass is 334 g/mol. The summed E-state index contributed by atoms with van der Waals surface area (Å²) in [5.41, 5.74) is 1.78. The van der Waals surface area contributed by atoms with Crippen molar-refractivity contribution in [1.82, 2.24) is 20.2 Å². The highest BCUT2D eigenvalue weighted by atomic mass is 16.4. The third-order valence-electron chi connectivity index (χ3n) is 4.45. The van der Waals surface area contributed by atoms with E-state index in [0.29, 0.717) is 18.4 Å². The van der Waals surface area contributed by atoms with E-state index in [4.69, 9.17) is 5.11 Å². The Hall–Kier alpha value is -2.02. The van der Waals surface area contributed by atoms with Gasteiger partial charge in [-0.15, -0.1) is 0 Å². The summed E-state index contributed by atoms with van der Waals surface area (Å²) >= 11 is 0. The van der Waals surface area contributed by atoms with Gasteiger partial charge >= 0.3 is 5.97 Å². The molecule has 0 aromatic carbocycles. The maximum Gasteiger partial charge on any atom is 0.322 e. The first-order chi connectivity index (χ1) is 11.5. The molecule has 0 aliphatic carbocycles. The van der Waals surface area contributed by atoms with Crippen LogP contribution in [0.5, 0.6) is 0 Å². The van der Waals surface area contributed by atoms with Gasteiger partial charge in [0.2, 0.25) is 5.91 Å². The average molecular weight is 334 g/mol. The van der Waals surface area contributed by atoms with E-state index in [1.54, 1.807) is 6.20 Å². The Kier molecular flexibility index (Phi) is 6.66. The molecule has 0 spiro atoms. The highest BCUT2D eigenvalue weighted by Crippen LogP contribution is 2.27. The number of rotatable bonds is 7. The van der Waals surface area contributed by atoms with E-state index < -0.39 is 5.97 Å². The van der Waals surface area contributed by atoms with E-state index in [9.17, 15) is 9.59 Å². The second-order valence-electron chi connectivity index (χ2n) is 6.51. The molecule has 7 nitrogen and oxygen atoms in total. The number of carbonyl (C=O) groups is 2. The smallest absolute Gasteiger partial charge is 0.322 e. The minimum absolute atomic E-state index is 0.216. The van der Waals surface area contributed by atoms with Crippen molar-refractivity contribution >= 4 is 11.9 Å². The lowest BCUT2D eigenvalue weighted by Crippen LogP contribution is -2.38. The van der Waals surface area contributed by atoms with Crippen LogP contribution in [0.1, 0.15) is 50.4 Å². The fourth-order valence-corrected chi connectivity index (χ4v) is 2.92. The maximum absolute atomic E-state index is 11.5. The molecule has 0 saturated carbocycles. The van der Waals surface area contributed by atoms with Crippen molar-refractivity contribution in [2.75, 3.05) is 19.6 Å². The molecule has 0 unspecified atom stereocenters. The fourth-order valence-electron chi connectivity index (χ4n) is 2.92. The van der Waals surface area contributed by atoms with Gasteiger partial charge in [0.05, 0.1) is 11.4 Å². The Bertz CT molecular complexity index is 551. The lowest BCUT2D eigenvalue weighted by molar-refractivity contribution is -0.137. The van der Waals surface area contributed by atoms with E-state index in [1.807, 2.05) is 6.20 Å². The largest absolute Gasteiger partial charge is 0.480 e. The van der Waals surface area contributed by atoms with Crippen LogP contribution in [0.2, 0.25) is 0 Å². The molecule has 1 aromatic rings. The third kappa shape index (κ3) is 5.56. The van der Waals surface area contributed by atoms with Crippen molar-refractivity contribution in [3.63, 3.8) is 0 Å². The molecular weight excluding hydrogens is 308 g/mol. The van der Waals surface area contributed by atoms with Crippen LogP contribution in [0.4, 0.5) is 0 Å². The van der Waals surface area contributed by atoms with Gasteiger partial charge < -0.3 is 15.3 Å². The van der Waals surface area contributed by atoms with Gasteiger partial charge in [0, 0.05) is 30.8 Å². The van der Waals surface area contributed by atoms with Crippen LogP contribution in [-0.4, -0.2) is 57.5 Å². The molecule has 1 aromatic heterocycles. The van der Waals surface area contributed by atoms with Crippen molar-refractivity contribution < 1.29 is 14.7 Å².